The molecule has 6 heteroatoms. The zero-order valence-corrected chi connectivity index (χ0v) is 16.8. The van der Waals surface area contributed by atoms with Crippen LogP contribution in [0.25, 0.3) is 11.3 Å². The fourth-order valence-corrected chi connectivity index (χ4v) is 3.35. The number of benzene rings is 2. The van der Waals surface area contributed by atoms with Gasteiger partial charge in [-0.3, -0.25) is 4.90 Å². The van der Waals surface area contributed by atoms with Gasteiger partial charge in [0.1, 0.15) is 5.82 Å². The van der Waals surface area contributed by atoms with E-state index in [4.69, 9.17) is 14.7 Å². The van der Waals surface area contributed by atoms with E-state index in [1.54, 1.807) is 0 Å². The highest BCUT2D eigenvalue weighted by atomic mass is 16.5. The molecule has 1 aromatic heterocycles. The maximum atomic E-state index is 5.42. The summed E-state index contributed by atoms with van der Waals surface area (Å²) in [4.78, 5) is 11.9. The van der Waals surface area contributed by atoms with Gasteiger partial charge in [0.05, 0.1) is 18.9 Å². The maximum absolute atomic E-state index is 5.42. The second-order valence-corrected chi connectivity index (χ2v) is 7.15. The number of ether oxygens (including phenoxy) is 1. The Morgan fingerprint density at radius 3 is 2.52 bits per heavy atom. The normalized spacial score (nSPS) is 14.5. The van der Waals surface area contributed by atoms with Crippen molar-refractivity contribution in [3.63, 3.8) is 0 Å². The Morgan fingerprint density at radius 1 is 0.966 bits per heavy atom. The number of nitrogens with zero attached hydrogens (tertiary/aromatic N) is 3. The zero-order valence-electron chi connectivity index (χ0n) is 16.8. The van der Waals surface area contributed by atoms with E-state index < -0.39 is 0 Å². The van der Waals surface area contributed by atoms with Crippen LogP contribution in [0.5, 0.6) is 0 Å². The Morgan fingerprint density at radius 2 is 1.72 bits per heavy atom. The fourth-order valence-electron chi connectivity index (χ4n) is 3.35. The van der Waals surface area contributed by atoms with Crippen LogP contribution >= 0.6 is 0 Å². The van der Waals surface area contributed by atoms with Gasteiger partial charge in [0.2, 0.25) is 5.95 Å². The Balaban J connectivity index is 1.53. The van der Waals surface area contributed by atoms with Gasteiger partial charge in [0.15, 0.2) is 0 Å². The van der Waals surface area contributed by atoms with E-state index in [-0.39, 0.29) is 0 Å². The molecular weight excluding hydrogens is 362 g/mol. The third kappa shape index (κ3) is 5.31. The number of para-hydroxylation sites is 1. The molecule has 1 aliphatic heterocycles. The highest BCUT2D eigenvalue weighted by molar-refractivity contribution is 5.67. The van der Waals surface area contributed by atoms with Crippen molar-refractivity contribution < 1.29 is 4.74 Å². The van der Waals surface area contributed by atoms with Crippen LogP contribution < -0.4 is 10.6 Å². The number of rotatable bonds is 7. The van der Waals surface area contributed by atoms with Crippen LogP contribution in [0.2, 0.25) is 0 Å². The van der Waals surface area contributed by atoms with Crippen molar-refractivity contribution >= 4 is 17.5 Å². The quantitative estimate of drug-likeness (QED) is 0.638. The molecule has 29 heavy (non-hydrogen) atoms. The van der Waals surface area contributed by atoms with Crippen molar-refractivity contribution in [1.29, 1.82) is 0 Å². The van der Waals surface area contributed by atoms with Crippen LogP contribution in [0, 0.1) is 6.92 Å². The minimum Gasteiger partial charge on any atom is -0.379 e. The Hall–Kier alpha value is -2.96. The Bertz CT molecular complexity index is 926. The van der Waals surface area contributed by atoms with Gasteiger partial charge >= 0.3 is 0 Å². The van der Waals surface area contributed by atoms with E-state index in [1.165, 1.54) is 0 Å². The van der Waals surface area contributed by atoms with Crippen molar-refractivity contribution in [2.24, 2.45) is 0 Å². The fraction of sp³-hybridized carbons (Fsp3) is 0.304. The predicted octanol–water partition coefficient (Wildman–Crippen LogP) is 3.94. The SMILES string of the molecule is Cc1ccccc1Nc1nc(NCCN2CCOCC2)cc(-c2ccccc2)n1. The summed E-state index contributed by atoms with van der Waals surface area (Å²) >= 11 is 0. The van der Waals surface area contributed by atoms with E-state index >= 15 is 0 Å². The topological polar surface area (TPSA) is 62.3 Å². The number of hydrogen-bond donors (Lipinski definition) is 2. The average Bonchev–Trinajstić information content (AvgIpc) is 2.77. The van der Waals surface area contributed by atoms with Gasteiger partial charge in [-0.05, 0) is 18.6 Å². The molecule has 0 spiro atoms. The highest BCUT2D eigenvalue weighted by Gasteiger charge is 2.11. The van der Waals surface area contributed by atoms with E-state index in [1.807, 2.05) is 42.5 Å². The van der Waals surface area contributed by atoms with Crippen LogP contribution in [-0.4, -0.2) is 54.3 Å². The minimum atomic E-state index is 0.592. The molecule has 1 aliphatic rings. The lowest BCUT2D eigenvalue weighted by molar-refractivity contribution is 0.0398. The molecule has 4 rings (SSSR count). The number of nitrogens with one attached hydrogen (secondary N) is 2. The van der Waals surface area contributed by atoms with Gasteiger partial charge in [0.25, 0.3) is 0 Å². The molecule has 150 valence electrons. The molecule has 2 heterocycles. The van der Waals surface area contributed by atoms with E-state index in [2.05, 4.69) is 40.7 Å². The number of anilines is 3. The van der Waals surface area contributed by atoms with Crippen LogP contribution in [0.3, 0.4) is 0 Å². The van der Waals surface area contributed by atoms with Crippen molar-refractivity contribution in [2.75, 3.05) is 50.0 Å². The van der Waals surface area contributed by atoms with Crippen LogP contribution in [0.1, 0.15) is 5.56 Å². The summed E-state index contributed by atoms with van der Waals surface area (Å²) in [5, 5.41) is 6.84. The molecule has 0 bridgehead atoms. The van der Waals surface area contributed by atoms with E-state index in [9.17, 15) is 0 Å². The first-order valence-corrected chi connectivity index (χ1v) is 10.1. The number of hydrogen-bond acceptors (Lipinski definition) is 6. The molecule has 0 atom stereocenters. The zero-order chi connectivity index (χ0) is 19.9. The minimum absolute atomic E-state index is 0.592. The molecule has 0 radical (unpaired) electrons. The summed E-state index contributed by atoms with van der Waals surface area (Å²) in [6.45, 7) is 7.47. The number of morpholine rings is 1. The third-order valence-electron chi connectivity index (χ3n) is 5.03. The van der Waals surface area contributed by atoms with Crippen molar-refractivity contribution in [2.45, 2.75) is 6.92 Å². The molecule has 1 fully saturated rings. The highest BCUT2D eigenvalue weighted by Crippen LogP contribution is 2.24. The van der Waals surface area contributed by atoms with Crippen molar-refractivity contribution in [3.8, 4) is 11.3 Å². The van der Waals surface area contributed by atoms with Gasteiger partial charge in [-0.25, -0.2) is 4.98 Å². The molecule has 2 aromatic carbocycles. The van der Waals surface area contributed by atoms with Gasteiger partial charge < -0.3 is 15.4 Å². The summed E-state index contributed by atoms with van der Waals surface area (Å²) < 4.78 is 5.42. The molecule has 0 saturated carbocycles. The van der Waals surface area contributed by atoms with E-state index in [0.717, 1.165) is 67.7 Å². The first-order valence-electron chi connectivity index (χ1n) is 10.1. The van der Waals surface area contributed by atoms with Crippen molar-refractivity contribution in [3.05, 3.63) is 66.2 Å². The van der Waals surface area contributed by atoms with Gasteiger partial charge in [-0.1, -0.05) is 48.5 Å². The predicted molar refractivity (Wildman–Crippen MR) is 118 cm³/mol. The summed E-state index contributed by atoms with van der Waals surface area (Å²) in [6.07, 6.45) is 0. The number of aryl methyl sites for hydroxylation is 1. The standard InChI is InChI=1S/C23H27N5O/c1-18-7-5-6-10-20(18)25-23-26-21(19-8-3-2-4-9-19)17-22(27-23)24-11-12-28-13-15-29-16-14-28/h2-10,17H,11-16H2,1H3,(H2,24,25,26,27). The molecule has 0 aliphatic carbocycles. The van der Waals surface area contributed by atoms with Crippen molar-refractivity contribution in [1.82, 2.24) is 14.9 Å². The molecule has 0 amide bonds. The summed E-state index contributed by atoms with van der Waals surface area (Å²) in [5.74, 6) is 1.41. The Labute approximate surface area is 172 Å². The van der Waals surface area contributed by atoms with Crippen LogP contribution in [0.15, 0.2) is 60.7 Å². The number of aromatic nitrogens is 2. The second kappa shape index (κ2) is 9.49. The van der Waals surface area contributed by atoms with Gasteiger partial charge in [0, 0.05) is 43.5 Å². The molecule has 1 saturated heterocycles. The van der Waals surface area contributed by atoms with Gasteiger partial charge in [-0.2, -0.15) is 4.98 Å². The largest absolute Gasteiger partial charge is 0.379 e. The van der Waals surface area contributed by atoms with Crippen LogP contribution in [-0.2, 0) is 4.74 Å². The molecular formula is C23H27N5O. The Kier molecular flexibility index (Phi) is 6.34. The van der Waals surface area contributed by atoms with Crippen LogP contribution in [0.4, 0.5) is 17.5 Å². The van der Waals surface area contributed by atoms with E-state index in [0.29, 0.717) is 5.95 Å². The molecule has 2 N–H and O–H groups in total. The average molecular weight is 390 g/mol. The maximum Gasteiger partial charge on any atom is 0.229 e. The first-order chi connectivity index (χ1) is 14.3. The molecule has 6 nitrogen and oxygen atoms in total. The second-order valence-electron chi connectivity index (χ2n) is 7.15. The lowest BCUT2D eigenvalue weighted by Crippen LogP contribution is -2.39. The lowest BCUT2D eigenvalue weighted by atomic mass is 10.1. The summed E-state index contributed by atoms with van der Waals surface area (Å²) in [6, 6.07) is 20.4. The molecule has 3 aromatic rings. The van der Waals surface area contributed by atoms with Gasteiger partial charge in [-0.15, -0.1) is 0 Å². The third-order valence-corrected chi connectivity index (χ3v) is 5.03. The summed E-state index contributed by atoms with van der Waals surface area (Å²) in [7, 11) is 0. The lowest BCUT2D eigenvalue weighted by Gasteiger charge is -2.26. The molecule has 0 unspecified atom stereocenters. The smallest absolute Gasteiger partial charge is 0.229 e. The monoisotopic (exact) mass is 389 g/mol. The first kappa shape index (κ1) is 19.4. The summed E-state index contributed by atoms with van der Waals surface area (Å²) in [5.41, 5.74) is 4.13.